The van der Waals surface area contributed by atoms with E-state index in [-0.39, 0.29) is 5.91 Å². The molecule has 0 spiro atoms. The van der Waals surface area contributed by atoms with Gasteiger partial charge >= 0.3 is 0 Å². The number of rotatable bonds is 6. The van der Waals surface area contributed by atoms with Crippen LogP contribution in [0.1, 0.15) is 27.0 Å². The minimum atomic E-state index is -0.302. The lowest BCUT2D eigenvalue weighted by molar-refractivity contribution is 0.102. The van der Waals surface area contributed by atoms with Crippen molar-refractivity contribution in [3.05, 3.63) is 89.0 Å². The smallest absolute Gasteiger partial charge is 0.261 e. The number of para-hydroxylation sites is 2. The lowest BCUT2D eigenvalue weighted by Gasteiger charge is -2.09. The average Bonchev–Trinajstić information content (AvgIpc) is 3.13. The Morgan fingerprint density at radius 1 is 0.971 bits per heavy atom. The largest absolute Gasteiger partial charge is 0.497 e. The van der Waals surface area contributed by atoms with Gasteiger partial charge in [-0.25, -0.2) is 9.97 Å². The first-order valence-corrected chi connectivity index (χ1v) is 11.5. The Hall–Kier alpha value is -4.39. The first-order valence-electron chi connectivity index (χ1n) is 11.5. The quantitative estimate of drug-likeness (QED) is 0.355. The topological polar surface area (TPSA) is 95.1 Å². The molecule has 0 bridgehead atoms. The van der Waals surface area contributed by atoms with Gasteiger partial charge in [0.25, 0.3) is 5.91 Å². The molecule has 0 unspecified atom stereocenters. The summed E-state index contributed by atoms with van der Waals surface area (Å²) in [6.45, 7) is 4.61. The van der Waals surface area contributed by atoms with Crippen molar-refractivity contribution in [2.24, 2.45) is 0 Å². The fourth-order valence-corrected chi connectivity index (χ4v) is 4.21. The third-order valence-corrected chi connectivity index (χ3v) is 6.37. The minimum absolute atomic E-state index is 0.302. The summed E-state index contributed by atoms with van der Waals surface area (Å²) in [6, 6.07) is 21.4. The van der Waals surface area contributed by atoms with Crippen LogP contribution in [0, 0.1) is 13.8 Å². The van der Waals surface area contributed by atoms with Gasteiger partial charge in [-0.05, 0) is 73.4 Å². The molecule has 7 nitrogen and oxygen atoms in total. The van der Waals surface area contributed by atoms with E-state index < -0.39 is 0 Å². The normalized spacial score (nSPS) is 11.2. The number of anilines is 2. The summed E-state index contributed by atoms with van der Waals surface area (Å²) in [5.41, 5.74) is 13.6. The zero-order valence-electron chi connectivity index (χ0n) is 20.0. The maximum atomic E-state index is 13.5. The van der Waals surface area contributed by atoms with Crippen LogP contribution in [-0.4, -0.2) is 27.6 Å². The van der Waals surface area contributed by atoms with Gasteiger partial charge in [-0.1, -0.05) is 30.3 Å². The summed E-state index contributed by atoms with van der Waals surface area (Å²) < 4.78 is 7.14. The highest BCUT2D eigenvalue weighted by Crippen LogP contribution is 2.29. The number of carbonyl (C=O) groups excluding carboxylic acids is 1. The van der Waals surface area contributed by atoms with Crippen LogP contribution in [0.3, 0.4) is 0 Å². The van der Waals surface area contributed by atoms with Crippen LogP contribution in [0.15, 0.2) is 66.7 Å². The molecule has 176 valence electrons. The Morgan fingerprint density at radius 3 is 2.37 bits per heavy atom. The van der Waals surface area contributed by atoms with E-state index in [2.05, 4.69) is 5.32 Å². The molecule has 2 heterocycles. The lowest BCUT2D eigenvalue weighted by Crippen LogP contribution is -2.15. The molecule has 3 aromatic carbocycles. The Labute approximate surface area is 203 Å². The van der Waals surface area contributed by atoms with Crippen LogP contribution in [0.2, 0.25) is 0 Å². The number of benzene rings is 3. The van der Waals surface area contributed by atoms with Gasteiger partial charge in [0.1, 0.15) is 22.6 Å². The number of fused-ring (bicyclic) bond motifs is 2. The van der Waals surface area contributed by atoms with E-state index in [1.807, 2.05) is 85.1 Å². The van der Waals surface area contributed by atoms with Crippen LogP contribution in [-0.2, 0) is 13.0 Å². The van der Waals surface area contributed by atoms with E-state index in [4.69, 9.17) is 20.4 Å². The highest BCUT2D eigenvalue weighted by Gasteiger charge is 2.24. The van der Waals surface area contributed by atoms with Crippen molar-refractivity contribution in [2.45, 2.75) is 26.8 Å². The molecule has 2 aromatic heterocycles. The molecule has 1 amide bonds. The molecular weight excluding hydrogens is 438 g/mol. The summed E-state index contributed by atoms with van der Waals surface area (Å²) in [4.78, 5) is 23.1. The summed E-state index contributed by atoms with van der Waals surface area (Å²) in [5, 5.41) is 2.99. The highest BCUT2D eigenvalue weighted by molar-refractivity contribution is 6.16. The fourth-order valence-electron chi connectivity index (χ4n) is 4.21. The molecule has 3 N–H and O–H groups in total. The van der Waals surface area contributed by atoms with E-state index in [1.165, 1.54) is 0 Å². The number of aromatic nitrogens is 3. The maximum absolute atomic E-state index is 13.5. The highest BCUT2D eigenvalue weighted by atomic mass is 16.5. The number of nitrogens with zero attached hydrogens (tertiary/aromatic N) is 3. The Kier molecular flexibility index (Phi) is 5.82. The second-order valence-electron chi connectivity index (χ2n) is 8.65. The van der Waals surface area contributed by atoms with Gasteiger partial charge in [-0.3, -0.25) is 4.79 Å². The number of methoxy groups -OCH3 is 1. The van der Waals surface area contributed by atoms with Crippen molar-refractivity contribution in [2.75, 3.05) is 18.2 Å². The van der Waals surface area contributed by atoms with E-state index in [1.54, 1.807) is 7.11 Å². The van der Waals surface area contributed by atoms with Crippen molar-refractivity contribution in [1.82, 2.24) is 14.5 Å². The SMILES string of the molecule is COc1ccc(CCn2c(N)c(C(=O)Nc3ccc(C)c(C)c3)c3nc4ccccc4nc32)cc1. The number of nitrogens with two attached hydrogens (primary N) is 1. The second-order valence-corrected chi connectivity index (χ2v) is 8.65. The molecule has 5 aromatic rings. The van der Waals surface area contributed by atoms with Crippen molar-refractivity contribution < 1.29 is 9.53 Å². The minimum Gasteiger partial charge on any atom is -0.497 e. The molecule has 0 atom stereocenters. The molecule has 35 heavy (non-hydrogen) atoms. The Balaban J connectivity index is 1.56. The first kappa shape index (κ1) is 22.4. The molecular formula is C28H27N5O2. The molecule has 7 heteroatoms. The number of nitrogen functional groups attached to an aromatic ring is 1. The third-order valence-electron chi connectivity index (χ3n) is 6.37. The van der Waals surface area contributed by atoms with Gasteiger partial charge in [0.05, 0.1) is 18.1 Å². The van der Waals surface area contributed by atoms with Gasteiger partial charge in [0, 0.05) is 12.2 Å². The summed E-state index contributed by atoms with van der Waals surface area (Å²) in [7, 11) is 1.65. The molecule has 0 aliphatic carbocycles. The number of ether oxygens (including phenoxy) is 1. The number of amides is 1. The second kappa shape index (κ2) is 9.10. The molecule has 0 aliphatic rings. The van der Waals surface area contributed by atoms with E-state index in [0.29, 0.717) is 46.7 Å². The monoisotopic (exact) mass is 465 g/mol. The van der Waals surface area contributed by atoms with Gasteiger partial charge < -0.3 is 20.4 Å². The number of hydrogen-bond acceptors (Lipinski definition) is 5. The van der Waals surface area contributed by atoms with Crippen molar-refractivity contribution in [3.63, 3.8) is 0 Å². The maximum Gasteiger partial charge on any atom is 0.261 e. The van der Waals surface area contributed by atoms with Crippen molar-refractivity contribution in [1.29, 1.82) is 0 Å². The molecule has 0 aliphatic heterocycles. The summed E-state index contributed by atoms with van der Waals surface area (Å²) in [6.07, 6.45) is 0.713. The zero-order chi connectivity index (χ0) is 24.5. The zero-order valence-corrected chi connectivity index (χ0v) is 20.0. The standard InChI is InChI=1S/C28H27N5O2/c1-17-8-11-20(16-18(17)2)30-28(34)24-25-27(32-23-7-5-4-6-22(23)31-25)33(26(24)29)15-14-19-9-12-21(35-3)13-10-19/h4-13,16H,14-15,29H2,1-3H3,(H,30,34). The summed E-state index contributed by atoms with van der Waals surface area (Å²) in [5.74, 6) is 0.857. The van der Waals surface area contributed by atoms with Crippen molar-refractivity contribution in [3.8, 4) is 5.75 Å². The molecule has 0 saturated heterocycles. The molecule has 0 fully saturated rings. The van der Waals surface area contributed by atoms with Crippen LogP contribution in [0.5, 0.6) is 5.75 Å². The fraction of sp³-hybridized carbons (Fsp3) is 0.179. The van der Waals surface area contributed by atoms with Crippen LogP contribution >= 0.6 is 0 Å². The first-order chi connectivity index (χ1) is 16.9. The van der Waals surface area contributed by atoms with Crippen LogP contribution in [0.25, 0.3) is 22.2 Å². The Morgan fingerprint density at radius 2 is 1.69 bits per heavy atom. The van der Waals surface area contributed by atoms with Crippen LogP contribution < -0.4 is 15.8 Å². The van der Waals surface area contributed by atoms with Crippen molar-refractivity contribution >= 4 is 39.6 Å². The average molecular weight is 466 g/mol. The lowest BCUT2D eigenvalue weighted by atomic mass is 10.1. The number of nitrogens with one attached hydrogen (secondary N) is 1. The van der Waals surface area contributed by atoms with E-state index in [9.17, 15) is 4.79 Å². The summed E-state index contributed by atoms with van der Waals surface area (Å²) >= 11 is 0. The predicted molar refractivity (Wildman–Crippen MR) is 140 cm³/mol. The third kappa shape index (κ3) is 4.28. The molecule has 5 rings (SSSR count). The van der Waals surface area contributed by atoms with E-state index >= 15 is 0 Å². The number of carbonyl (C=O) groups is 1. The number of aryl methyl sites for hydroxylation is 4. The van der Waals surface area contributed by atoms with Gasteiger partial charge in [0.2, 0.25) is 0 Å². The van der Waals surface area contributed by atoms with Gasteiger partial charge in [0.15, 0.2) is 5.65 Å². The molecule has 0 saturated carbocycles. The Bertz CT molecular complexity index is 1550. The van der Waals surface area contributed by atoms with Crippen LogP contribution in [0.4, 0.5) is 11.5 Å². The number of hydrogen-bond donors (Lipinski definition) is 2. The van der Waals surface area contributed by atoms with Gasteiger partial charge in [-0.2, -0.15) is 0 Å². The molecule has 0 radical (unpaired) electrons. The van der Waals surface area contributed by atoms with E-state index in [0.717, 1.165) is 28.0 Å². The predicted octanol–water partition coefficient (Wildman–Crippen LogP) is 5.29. The van der Waals surface area contributed by atoms with Gasteiger partial charge in [-0.15, -0.1) is 0 Å².